The molecule has 1 aliphatic heterocycles. The molecule has 0 radical (unpaired) electrons. The minimum absolute atomic E-state index is 0.0295. The van der Waals surface area contributed by atoms with Gasteiger partial charge in [-0.15, -0.1) is 0 Å². The van der Waals surface area contributed by atoms with Gasteiger partial charge in [0, 0.05) is 25.2 Å². The van der Waals surface area contributed by atoms with Crippen molar-refractivity contribution in [2.24, 2.45) is 0 Å². The Bertz CT molecular complexity index is 387. The van der Waals surface area contributed by atoms with E-state index in [2.05, 4.69) is 10.6 Å². The molecule has 2 N–H and O–H groups in total. The summed E-state index contributed by atoms with van der Waals surface area (Å²) in [7, 11) is 0. The highest BCUT2D eigenvalue weighted by Crippen LogP contribution is 2.19. The maximum absolute atomic E-state index is 11.7. The Morgan fingerprint density at radius 2 is 2.47 bits per heavy atom. The lowest BCUT2D eigenvalue weighted by Crippen LogP contribution is -2.33. The molecule has 17 heavy (non-hydrogen) atoms. The smallest absolute Gasteiger partial charge is 0.251 e. The minimum atomic E-state index is -0.0295. The highest BCUT2D eigenvalue weighted by atomic mass is 16.5. The number of hydrogen-bond donors (Lipinski definition) is 2. The molecule has 1 amide bonds. The second kappa shape index (κ2) is 5.80. The van der Waals surface area contributed by atoms with Crippen LogP contribution >= 0.6 is 0 Å². The van der Waals surface area contributed by atoms with Gasteiger partial charge in [0.15, 0.2) is 0 Å². The summed E-state index contributed by atoms with van der Waals surface area (Å²) in [6.07, 6.45) is 0.0538. The summed E-state index contributed by atoms with van der Waals surface area (Å²) in [5, 5.41) is 6.08. The third-order valence-corrected chi connectivity index (χ3v) is 2.79. The Morgan fingerprint density at radius 1 is 1.59 bits per heavy atom. The van der Waals surface area contributed by atoms with Crippen molar-refractivity contribution in [3.63, 3.8) is 0 Å². The first-order valence-corrected chi connectivity index (χ1v) is 6.01. The molecule has 1 heterocycles. The summed E-state index contributed by atoms with van der Waals surface area (Å²) in [6, 6.07) is 7.63. The lowest BCUT2D eigenvalue weighted by molar-refractivity contribution is 0.0276. The van der Waals surface area contributed by atoms with Crippen molar-refractivity contribution in [2.75, 3.05) is 26.2 Å². The maximum atomic E-state index is 11.7. The molecule has 1 aromatic carbocycles. The minimum Gasteiger partial charge on any atom is -0.371 e. The monoisotopic (exact) mass is 234 g/mol. The summed E-state index contributed by atoms with van der Waals surface area (Å²) < 4.78 is 5.66. The Morgan fingerprint density at radius 3 is 3.18 bits per heavy atom. The molecule has 0 aliphatic carbocycles. The number of ether oxygens (including phenoxy) is 1. The summed E-state index contributed by atoms with van der Waals surface area (Å²) in [5.74, 6) is -0.0295. The van der Waals surface area contributed by atoms with Crippen LogP contribution in [-0.4, -0.2) is 32.1 Å². The fraction of sp³-hybridized carbons (Fsp3) is 0.462. The van der Waals surface area contributed by atoms with E-state index in [9.17, 15) is 4.79 Å². The Hall–Kier alpha value is -1.39. The number of carbonyl (C=O) groups excluding carboxylic acids is 1. The predicted molar refractivity (Wildman–Crippen MR) is 66.0 cm³/mol. The van der Waals surface area contributed by atoms with Crippen LogP contribution in [0, 0.1) is 0 Å². The average molecular weight is 234 g/mol. The van der Waals surface area contributed by atoms with E-state index in [0.29, 0.717) is 12.1 Å². The fourth-order valence-corrected chi connectivity index (χ4v) is 1.92. The molecule has 0 bridgehead atoms. The Kier molecular flexibility index (Phi) is 4.12. The van der Waals surface area contributed by atoms with Gasteiger partial charge in [-0.05, 0) is 24.6 Å². The van der Waals surface area contributed by atoms with Crippen LogP contribution in [0.4, 0.5) is 0 Å². The largest absolute Gasteiger partial charge is 0.371 e. The van der Waals surface area contributed by atoms with Gasteiger partial charge in [0.05, 0.1) is 12.7 Å². The molecule has 0 spiro atoms. The van der Waals surface area contributed by atoms with E-state index in [1.165, 1.54) is 0 Å². The molecular weight excluding hydrogens is 216 g/mol. The second-order valence-corrected chi connectivity index (χ2v) is 4.05. The summed E-state index contributed by atoms with van der Waals surface area (Å²) >= 11 is 0. The number of benzene rings is 1. The lowest BCUT2D eigenvalue weighted by atomic mass is 10.0. The Labute approximate surface area is 101 Å². The highest BCUT2D eigenvalue weighted by molar-refractivity contribution is 5.94. The lowest BCUT2D eigenvalue weighted by Gasteiger charge is -2.24. The molecule has 0 aromatic heterocycles. The molecule has 4 heteroatoms. The van der Waals surface area contributed by atoms with Crippen LogP contribution in [0.1, 0.15) is 28.9 Å². The van der Waals surface area contributed by atoms with Crippen molar-refractivity contribution in [2.45, 2.75) is 13.0 Å². The van der Waals surface area contributed by atoms with E-state index in [0.717, 1.165) is 25.3 Å². The van der Waals surface area contributed by atoms with Crippen LogP contribution in [0.15, 0.2) is 24.3 Å². The number of rotatable bonds is 3. The number of carbonyl (C=O) groups is 1. The summed E-state index contributed by atoms with van der Waals surface area (Å²) in [5.41, 5.74) is 1.75. The standard InChI is InChI=1S/C13H18N2O2/c1-2-15-13(16)11-5-3-4-10(8-11)12-9-14-6-7-17-12/h3-5,8,12,14H,2,6-7,9H2,1H3,(H,15,16). The van der Waals surface area contributed by atoms with Gasteiger partial charge in [-0.1, -0.05) is 12.1 Å². The number of hydrogen-bond acceptors (Lipinski definition) is 3. The first kappa shape index (κ1) is 12.1. The van der Waals surface area contributed by atoms with E-state index >= 15 is 0 Å². The molecule has 1 saturated heterocycles. The molecule has 92 valence electrons. The van der Waals surface area contributed by atoms with Crippen molar-refractivity contribution in [3.05, 3.63) is 35.4 Å². The van der Waals surface area contributed by atoms with Crippen LogP contribution in [0.5, 0.6) is 0 Å². The third kappa shape index (κ3) is 3.05. The topological polar surface area (TPSA) is 50.4 Å². The molecule has 2 rings (SSSR count). The van der Waals surface area contributed by atoms with Gasteiger partial charge < -0.3 is 15.4 Å². The van der Waals surface area contributed by atoms with E-state index in [4.69, 9.17) is 4.74 Å². The van der Waals surface area contributed by atoms with Gasteiger partial charge in [0.25, 0.3) is 5.91 Å². The zero-order valence-corrected chi connectivity index (χ0v) is 10.0. The molecule has 1 aromatic rings. The SMILES string of the molecule is CCNC(=O)c1cccc(C2CNCCO2)c1. The van der Waals surface area contributed by atoms with Gasteiger partial charge in [-0.2, -0.15) is 0 Å². The molecule has 1 atom stereocenters. The van der Waals surface area contributed by atoms with Gasteiger partial charge >= 0.3 is 0 Å². The van der Waals surface area contributed by atoms with Crippen molar-refractivity contribution < 1.29 is 9.53 Å². The summed E-state index contributed by atoms with van der Waals surface area (Å²) in [4.78, 5) is 11.7. The number of amides is 1. The quantitative estimate of drug-likeness (QED) is 0.823. The molecule has 1 unspecified atom stereocenters. The second-order valence-electron chi connectivity index (χ2n) is 4.05. The molecule has 1 fully saturated rings. The van der Waals surface area contributed by atoms with Gasteiger partial charge in [0.2, 0.25) is 0 Å². The predicted octanol–water partition coefficient (Wildman–Crippen LogP) is 1.10. The number of nitrogens with one attached hydrogen (secondary N) is 2. The third-order valence-electron chi connectivity index (χ3n) is 2.79. The van der Waals surface area contributed by atoms with Crippen LogP contribution in [0.2, 0.25) is 0 Å². The van der Waals surface area contributed by atoms with E-state index < -0.39 is 0 Å². The van der Waals surface area contributed by atoms with Crippen molar-refractivity contribution in [1.29, 1.82) is 0 Å². The first-order valence-electron chi connectivity index (χ1n) is 6.01. The number of morpholine rings is 1. The average Bonchev–Trinajstić information content (AvgIpc) is 2.40. The molecule has 4 nitrogen and oxygen atoms in total. The van der Waals surface area contributed by atoms with Crippen LogP contribution in [0.25, 0.3) is 0 Å². The van der Waals surface area contributed by atoms with E-state index in [1.54, 1.807) is 0 Å². The Balaban J connectivity index is 2.12. The van der Waals surface area contributed by atoms with Crippen molar-refractivity contribution >= 4 is 5.91 Å². The molecular formula is C13H18N2O2. The summed E-state index contributed by atoms with van der Waals surface area (Å²) in [6.45, 7) is 4.97. The van der Waals surface area contributed by atoms with Crippen LogP contribution in [0.3, 0.4) is 0 Å². The molecule has 0 saturated carbocycles. The first-order chi connectivity index (χ1) is 8.31. The van der Waals surface area contributed by atoms with Crippen molar-refractivity contribution in [3.8, 4) is 0 Å². The van der Waals surface area contributed by atoms with Gasteiger partial charge in [-0.25, -0.2) is 0 Å². The fourth-order valence-electron chi connectivity index (χ4n) is 1.92. The van der Waals surface area contributed by atoms with Gasteiger partial charge in [-0.3, -0.25) is 4.79 Å². The zero-order valence-electron chi connectivity index (χ0n) is 10.0. The van der Waals surface area contributed by atoms with Gasteiger partial charge in [0.1, 0.15) is 0 Å². The maximum Gasteiger partial charge on any atom is 0.251 e. The molecule has 1 aliphatic rings. The van der Waals surface area contributed by atoms with Crippen LogP contribution in [-0.2, 0) is 4.74 Å². The van der Waals surface area contributed by atoms with E-state index in [1.807, 2.05) is 31.2 Å². The van der Waals surface area contributed by atoms with E-state index in [-0.39, 0.29) is 12.0 Å². The zero-order chi connectivity index (χ0) is 12.1. The normalized spacial score (nSPS) is 19.9. The van der Waals surface area contributed by atoms with Crippen LogP contribution < -0.4 is 10.6 Å². The highest BCUT2D eigenvalue weighted by Gasteiger charge is 2.16. The van der Waals surface area contributed by atoms with Crippen molar-refractivity contribution in [1.82, 2.24) is 10.6 Å².